The summed E-state index contributed by atoms with van der Waals surface area (Å²) in [5, 5.41) is 7.90. The lowest BCUT2D eigenvalue weighted by Crippen LogP contribution is -2.49. The lowest BCUT2D eigenvalue weighted by Gasteiger charge is -2.32. The molecule has 2 N–H and O–H groups in total. The largest absolute Gasteiger partial charge is 0.335 e. The number of carbonyl (C=O) groups is 2. The summed E-state index contributed by atoms with van der Waals surface area (Å²) < 4.78 is 0. The van der Waals surface area contributed by atoms with E-state index < -0.39 is 6.03 Å². The summed E-state index contributed by atoms with van der Waals surface area (Å²) >= 11 is 0. The molecule has 0 aliphatic carbocycles. The predicted octanol–water partition coefficient (Wildman–Crippen LogP) is 4.25. The van der Waals surface area contributed by atoms with E-state index in [-0.39, 0.29) is 11.9 Å². The number of nitrogens with one attached hydrogen (secondary N) is 2. The smallest absolute Gasteiger partial charge is 0.321 e. The van der Waals surface area contributed by atoms with Gasteiger partial charge in [0.05, 0.1) is 0 Å². The molecule has 3 aromatic carbocycles. The van der Waals surface area contributed by atoms with Gasteiger partial charge in [0.25, 0.3) is 5.91 Å². The molecule has 154 valence electrons. The molecule has 0 radical (unpaired) electrons. The highest BCUT2D eigenvalue weighted by Gasteiger charge is 2.21. The van der Waals surface area contributed by atoms with Gasteiger partial charge in [0.2, 0.25) is 0 Å². The number of aryl methyl sites for hydroxylation is 1. The lowest BCUT2D eigenvalue weighted by atomic mass is 10.0. The molecule has 4 rings (SSSR count). The van der Waals surface area contributed by atoms with E-state index in [2.05, 4.69) is 58.9 Å². The van der Waals surface area contributed by atoms with Crippen LogP contribution < -0.4 is 10.6 Å². The summed E-state index contributed by atoms with van der Waals surface area (Å²) in [6.07, 6.45) is 1.75. The molecule has 0 spiro atoms. The van der Waals surface area contributed by atoms with Crippen molar-refractivity contribution >= 4 is 22.7 Å². The minimum absolute atomic E-state index is 0.0874. The first-order chi connectivity index (χ1) is 14.6. The second kappa shape index (κ2) is 9.09. The van der Waals surface area contributed by atoms with Crippen LogP contribution in [0.1, 0.15) is 34.3 Å². The molecule has 1 fully saturated rings. The molecule has 0 aromatic heterocycles. The molecular formula is C25H27N3O2. The Kier molecular flexibility index (Phi) is 6.10. The lowest BCUT2D eigenvalue weighted by molar-refractivity contribution is 0.0961. The summed E-state index contributed by atoms with van der Waals surface area (Å²) in [6.45, 7) is 4.87. The number of benzene rings is 3. The second-order valence-electron chi connectivity index (χ2n) is 8.03. The Balaban J connectivity index is 1.25. The van der Waals surface area contributed by atoms with Gasteiger partial charge in [-0.15, -0.1) is 0 Å². The zero-order chi connectivity index (χ0) is 20.9. The molecule has 1 heterocycles. The number of piperidine rings is 1. The highest BCUT2D eigenvalue weighted by Crippen LogP contribution is 2.20. The highest BCUT2D eigenvalue weighted by molar-refractivity contribution is 6.04. The van der Waals surface area contributed by atoms with Gasteiger partial charge in [0, 0.05) is 31.2 Å². The maximum absolute atomic E-state index is 12.2. The van der Waals surface area contributed by atoms with Crippen molar-refractivity contribution in [2.45, 2.75) is 32.4 Å². The molecule has 0 saturated carbocycles. The number of rotatable bonds is 4. The number of imide groups is 1. The van der Waals surface area contributed by atoms with Crippen molar-refractivity contribution in [2.75, 3.05) is 13.1 Å². The molecule has 5 heteroatoms. The number of hydrogen-bond acceptors (Lipinski definition) is 3. The van der Waals surface area contributed by atoms with Crippen LogP contribution >= 0.6 is 0 Å². The number of likely N-dealkylation sites (tertiary alicyclic amines) is 1. The molecule has 1 saturated heterocycles. The number of fused-ring (bicyclic) bond motifs is 1. The fourth-order valence-corrected chi connectivity index (χ4v) is 3.99. The van der Waals surface area contributed by atoms with Crippen LogP contribution in [0.25, 0.3) is 10.8 Å². The van der Waals surface area contributed by atoms with Crippen molar-refractivity contribution in [3.05, 3.63) is 83.4 Å². The van der Waals surface area contributed by atoms with E-state index in [4.69, 9.17) is 0 Å². The number of hydrogen-bond donors (Lipinski definition) is 2. The van der Waals surface area contributed by atoms with Crippen LogP contribution in [0.2, 0.25) is 0 Å². The third-order valence-electron chi connectivity index (χ3n) is 5.65. The van der Waals surface area contributed by atoms with E-state index >= 15 is 0 Å². The first-order valence-electron chi connectivity index (χ1n) is 10.5. The summed E-state index contributed by atoms with van der Waals surface area (Å²) in [5.41, 5.74) is 3.07. The predicted molar refractivity (Wildman–Crippen MR) is 119 cm³/mol. The summed E-state index contributed by atoms with van der Waals surface area (Å²) in [5.74, 6) is -0.378. The van der Waals surface area contributed by atoms with Crippen molar-refractivity contribution in [3.63, 3.8) is 0 Å². The first-order valence-corrected chi connectivity index (χ1v) is 10.5. The van der Waals surface area contributed by atoms with E-state index in [1.807, 2.05) is 6.07 Å². The minimum atomic E-state index is -0.424. The van der Waals surface area contributed by atoms with Crippen LogP contribution in [0, 0.1) is 6.92 Å². The molecule has 1 aliphatic rings. The zero-order valence-electron chi connectivity index (χ0n) is 17.2. The van der Waals surface area contributed by atoms with Crippen LogP contribution in [0.15, 0.2) is 66.7 Å². The first kappa shape index (κ1) is 20.1. The van der Waals surface area contributed by atoms with E-state index in [1.54, 1.807) is 24.3 Å². The van der Waals surface area contributed by atoms with E-state index in [0.29, 0.717) is 5.56 Å². The normalized spacial score (nSPS) is 15.1. The van der Waals surface area contributed by atoms with Gasteiger partial charge in [-0.2, -0.15) is 0 Å². The molecule has 5 nitrogen and oxygen atoms in total. The zero-order valence-corrected chi connectivity index (χ0v) is 17.2. The van der Waals surface area contributed by atoms with Gasteiger partial charge in [0.15, 0.2) is 0 Å². The van der Waals surface area contributed by atoms with Crippen molar-refractivity contribution < 1.29 is 9.59 Å². The van der Waals surface area contributed by atoms with Crippen LogP contribution in [0.4, 0.5) is 4.79 Å². The molecule has 1 aliphatic heterocycles. The number of nitrogens with zero attached hydrogens (tertiary/aromatic N) is 1. The van der Waals surface area contributed by atoms with E-state index in [1.165, 1.54) is 21.9 Å². The Morgan fingerprint density at radius 3 is 2.40 bits per heavy atom. The molecule has 0 bridgehead atoms. The molecule has 3 amide bonds. The van der Waals surface area contributed by atoms with Crippen LogP contribution in [-0.2, 0) is 6.54 Å². The summed E-state index contributed by atoms with van der Waals surface area (Å²) in [7, 11) is 0. The van der Waals surface area contributed by atoms with Gasteiger partial charge >= 0.3 is 6.03 Å². The van der Waals surface area contributed by atoms with Gasteiger partial charge in [-0.3, -0.25) is 15.0 Å². The van der Waals surface area contributed by atoms with Crippen molar-refractivity contribution in [3.8, 4) is 0 Å². The maximum Gasteiger partial charge on any atom is 0.321 e. The number of amides is 3. The van der Waals surface area contributed by atoms with Gasteiger partial charge in [-0.1, -0.05) is 54.1 Å². The van der Waals surface area contributed by atoms with Crippen molar-refractivity contribution in [1.29, 1.82) is 0 Å². The van der Waals surface area contributed by atoms with Gasteiger partial charge < -0.3 is 5.32 Å². The average molecular weight is 402 g/mol. The molecule has 3 aromatic rings. The summed E-state index contributed by atoms with van der Waals surface area (Å²) in [4.78, 5) is 26.7. The number of carbonyl (C=O) groups excluding carboxylic acids is 2. The second-order valence-corrected chi connectivity index (χ2v) is 8.03. The van der Waals surface area contributed by atoms with E-state index in [9.17, 15) is 9.59 Å². The Morgan fingerprint density at radius 2 is 1.63 bits per heavy atom. The van der Waals surface area contributed by atoms with Crippen molar-refractivity contribution in [1.82, 2.24) is 15.5 Å². The molecule has 0 unspecified atom stereocenters. The average Bonchev–Trinajstić information content (AvgIpc) is 2.76. The fraction of sp³-hybridized carbons (Fsp3) is 0.280. The third kappa shape index (κ3) is 5.05. The fourth-order valence-electron chi connectivity index (χ4n) is 3.99. The van der Waals surface area contributed by atoms with E-state index in [0.717, 1.165) is 32.5 Å². The Labute approximate surface area is 177 Å². The summed E-state index contributed by atoms with van der Waals surface area (Å²) in [6, 6.07) is 21.6. The SMILES string of the molecule is Cc1ccc2cc(CN3CCC(NC(=O)NC(=O)c4ccccc4)CC3)ccc2c1. The highest BCUT2D eigenvalue weighted by atomic mass is 16.2. The van der Waals surface area contributed by atoms with Crippen LogP contribution in [0.5, 0.6) is 0 Å². The Hall–Kier alpha value is -3.18. The molecule has 30 heavy (non-hydrogen) atoms. The van der Waals surface area contributed by atoms with Gasteiger partial charge in [-0.25, -0.2) is 4.79 Å². The van der Waals surface area contributed by atoms with Crippen LogP contribution in [0.3, 0.4) is 0 Å². The third-order valence-corrected chi connectivity index (χ3v) is 5.65. The van der Waals surface area contributed by atoms with Crippen LogP contribution in [-0.4, -0.2) is 36.0 Å². The Morgan fingerprint density at radius 1 is 0.933 bits per heavy atom. The molecular weight excluding hydrogens is 374 g/mol. The van der Waals surface area contributed by atoms with Gasteiger partial charge in [0.1, 0.15) is 0 Å². The topological polar surface area (TPSA) is 61.4 Å². The van der Waals surface area contributed by atoms with Crippen molar-refractivity contribution in [2.24, 2.45) is 0 Å². The standard InChI is InChI=1S/C25H27N3O2/c1-18-7-9-22-16-19(8-10-21(22)15-18)17-28-13-11-23(12-14-28)26-25(30)27-24(29)20-5-3-2-4-6-20/h2-10,15-16,23H,11-14,17H2,1H3,(H2,26,27,29,30). The maximum atomic E-state index is 12.2. The molecule has 0 atom stereocenters. The Bertz CT molecular complexity index is 1040. The number of urea groups is 1. The monoisotopic (exact) mass is 401 g/mol. The quantitative estimate of drug-likeness (QED) is 0.687. The van der Waals surface area contributed by atoms with Gasteiger partial charge in [-0.05, 0) is 54.3 Å². The minimum Gasteiger partial charge on any atom is -0.335 e.